The number of ketones is 1. The molecule has 0 saturated carbocycles. The first kappa shape index (κ1) is 83.1. The van der Waals surface area contributed by atoms with Crippen LogP contribution in [-0.2, 0) is 35.1 Å². The van der Waals surface area contributed by atoms with Gasteiger partial charge in [-0.2, -0.15) is 15.0 Å². The number of halogens is 5. The van der Waals surface area contributed by atoms with Crippen molar-refractivity contribution in [3.63, 3.8) is 0 Å². The van der Waals surface area contributed by atoms with Gasteiger partial charge in [-0.15, -0.1) is 34.5 Å². The SMILES string of the molecule is CN(C)c1nc(N(C)C)nc(N(C)C)n1.COC(=O)c1ccc([C@H]2C3Nc4ccccc4C3CC(C(=O)OC)N2C(=O)CCl)cc1.COc1ccc(N(C(=O)CCl)C(C(=O)CCCc2ccccc2)c2cccs2)cc1Cl.Cc1onc(C(=O)N2CCN(C(c3ccc(Cl)cc3)c3ccc(Cl)cc3)CC2)c1[N+](=O)[O-]. The summed E-state index contributed by atoms with van der Waals surface area (Å²) in [5, 5.41) is 22.0. The lowest BCUT2D eigenvalue weighted by Crippen LogP contribution is -2.57. The Bertz CT molecular complexity index is 4490. The van der Waals surface area contributed by atoms with Crippen LogP contribution in [0, 0.1) is 17.0 Å². The summed E-state index contributed by atoms with van der Waals surface area (Å²) >= 11 is 31.8. The van der Waals surface area contributed by atoms with Gasteiger partial charge in [-0.05, 0) is 119 Å². The number of nitro groups is 1. The number of hydrogen-bond acceptors (Lipinski definition) is 22. The van der Waals surface area contributed by atoms with Crippen molar-refractivity contribution in [3.05, 3.63) is 238 Å². The van der Waals surface area contributed by atoms with Gasteiger partial charge in [0.05, 0.1) is 55.0 Å². The Labute approximate surface area is 661 Å². The zero-order valence-electron chi connectivity index (χ0n) is 61.7. The van der Waals surface area contributed by atoms with E-state index in [1.807, 2.05) is 178 Å². The smallest absolute Gasteiger partial charge is 0.344 e. The highest BCUT2D eigenvalue weighted by Gasteiger charge is 2.52. The summed E-state index contributed by atoms with van der Waals surface area (Å²) in [6, 6.07) is 46.8. The second-order valence-corrected chi connectivity index (χ2v) is 28.8. The summed E-state index contributed by atoms with van der Waals surface area (Å²) in [7, 11) is 15.6. The van der Waals surface area contributed by atoms with Crippen LogP contribution in [0.25, 0.3) is 0 Å². The molecule has 3 aromatic heterocycles. The molecule has 109 heavy (non-hydrogen) atoms. The Balaban J connectivity index is 0.000000172. The van der Waals surface area contributed by atoms with E-state index in [9.17, 15) is 38.9 Å². The maximum absolute atomic E-state index is 13.4. The number of benzene rings is 6. The van der Waals surface area contributed by atoms with Crippen molar-refractivity contribution in [2.75, 3.05) is 126 Å². The van der Waals surface area contributed by atoms with E-state index in [1.54, 1.807) is 47.4 Å². The van der Waals surface area contributed by atoms with Crippen LogP contribution in [0.15, 0.2) is 168 Å². The van der Waals surface area contributed by atoms with Crippen LogP contribution in [0.4, 0.5) is 34.9 Å². The molecule has 6 heterocycles. The maximum atomic E-state index is 13.4. The molecule has 2 fully saturated rings. The van der Waals surface area contributed by atoms with E-state index in [0.29, 0.717) is 95.4 Å². The molecule has 0 spiro atoms. The van der Waals surface area contributed by atoms with Crippen LogP contribution in [-0.4, -0.2) is 189 Å². The zero-order valence-corrected chi connectivity index (χ0v) is 66.3. The van der Waals surface area contributed by atoms with Gasteiger partial charge in [-0.3, -0.25) is 39.1 Å². The number of fused-ring (bicyclic) bond motifs is 3. The Morgan fingerprint density at radius 3 is 1.81 bits per heavy atom. The van der Waals surface area contributed by atoms with Crippen LogP contribution in [0.5, 0.6) is 5.75 Å². The number of hydrogen-bond donors (Lipinski definition) is 1. The quantitative estimate of drug-likeness (QED) is 0.0286. The molecule has 6 aromatic carbocycles. The number of Topliss-reactive ketones (excluding diaryl/α,β-unsaturated/α-hetero) is 1. The highest BCUT2D eigenvalue weighted by atomic mass is 35.5. The van der Waals surface area contributed by atoms with Crippen molar-refractivity contribution in [1.82, 2.24) is 34.8 Å². The van der Waals surface area contributed by atoms with Crippen molar-refractivity contribution in [1.29, 1.82) is 0 Å². The van der Waals surface area contributed by atoms with Gasteiger partial charge in [0.1, 0.15) is 29.6 Å². The third-order valence-electron chi connectivity index (χ3n) is 18.4. The van der Waals surface area contributed by atoms with Crippen molar-refractivity contribution in [2.24, 2.45) is 0 Å². The molecule has 9 aromatic rings. The molecule has 3 aliphatic rings. The van der Waals surface area contributed by atoms with Gasteiger partial charge in [-0.1, -0.05) is 131 Å². The summed E-state index contributed by atoms with van der Waals surface area (Å²) in [6.07, 6.45) is 2.26. The molecular weight excluding hydrogens is 1520 g/mol. The number of rotatable bonds is 22. The lowest BCUT2D eigenvalue weighted by Gasteiger charge is -2.47. The number of carbonyl (C=O) groups is 6. The maximum Gasteiger partial charge on any atom is 0.344 e. The number of carbonyl (C=O) groups excluding carboxylic acids is 6. The van der Waals surface area contributed by atoms with Crippen molar-refractivity contribution in [3.8, 4) is 5.75 Å². The molecule has 25 nitrogen and oxygen atoms in total. The number of aromatic nitrogens is 4. The average Bonchev–Trinajstić information content (AvgIpc) is 1.62. The Morgan fingerprint density at radius 1 is 0.706 bits per heavy atom. The largest absolute Gasteiger partial charge is 0.495 e. The van der Waals surface area contributed by atoms with Crippen LogP contribution in [0.2, 0.25) is 15.1 Å². The molecule has 3 amide bonds. The molecular formula is C78H84Cl5N13O12S. The van der Waals surface area contributed by atoms with Gasteiger partial charge in [0.25, 0.3) is 5.91 Å². The van der Waals surface area contributed by atoms with E-state index in [1.165, 1.54) is 55.0 Å². The number of methoxy groups -OCH3 is 3. The van der Waals surface area contributed by atoms with E-state index >= 15 is 0 Å². The van der Waals surface area contributed by atoms with Crippen LogP contribution >= 0.6 is 69.3 Å². The standard InChI is InChI=1S/C24H23Cl2NO3S.C23H23ClN2O5.C22H20Cl2N4O4.C9H18N6/c1-30-21-13-12-18(15-19(21)26)27(23(29)16-25)24(22-11-6-14-31-22)20(28)10-5-9-17-7-3-2-4-8-17;1-30-22(28)14-9-7-13(8-10-14)21-20-16(15-5-3-4-6-17(15)25-20)11-18(23(29)31-2)26(21)19(27)12-24;1-14-20(28(30)31)19(25-32-14)22(29)27-12-10-26(11-13-27)21(15-2-6-17(23)7-3-15)16-4-8-18(24)9-5-16;1-13(2)7-10-8(14(3)4)12-9(11-7)15(5)6/h2-4,6-8,11-15,24H,5,9-10,16H2,1H3;3-10,16,18,20-21,25H,11-12H2,1-2H3;2-9,21H,10-13H2,1H3;1-6H3/t;16?,18?,20?,21-;;/m.0../s1. The normalized spacial score (nSPS) is 15.8. The predicted molar refractivity (Wildman–Crippen MR) is 426 cm³/mol. The van der Waals surface area contributed by atoms with E-state index in [2.05, 4.69) is 30.3 Å². The first-order chi connectivity index (χ1) is 52.3. The van der Waals surface area contributed by atoms with Gasteiger partial charge in [0, 0.05) is 114 Å². The number of esters is 2. The Kier molecular flexibility index (Phi) is 29.7. The molecule has 4 unspecified atom stereocenters. The summed E-state index contributed by atoms with van der Waals surface area (Å²) < 4.78 is 19.9. The number of nitrogens with one attached hydrogen (secondary N) is 1. The van der Waals surface area contributed by atoms with Crippen molar-refractivity contribution in [2.45, 2.75) is 68.7 Å². The van der Waals surface area contributed by atoms with Gasteiger partial charge in [0.15, 0.2) is 5.78 Å². The Hall–Kier alpha value is -9.93. The molecule has 31 heteroatoms. The number of alkyl halides is 2. The number of amides is 3. The van der Waals surface area contributed by atoms with Crippen molar-refractivity contribution < 1.29 is 52.4 Å². The molecule has 1 N–H and O–H groups in total. The van der Waals surface area contributed by atoms with Crippen LogP contribution < -0.4 is 29.7 Å². The highest BCUT2D eigenvalue weighted by Crippen LogP contribution is 2.50. The van der Waals surface area contributed by atoms with Crippen molar-refractivity contribution >= 4 is 140 Å². The molecule has 12 rings (SSSR count). The van der Waals surface area contributed by atoms with Gasteiger partial charge in [0.2, 0.25) is 41.1 Å². The highest BCUT2D eigenvalue weighted by molar-refractivity contribution is 7.10. The van der Waals surface area contributed by atoms with E-state index < -0.39 is 40.9 Å². The van der Waals surface area contributed by atoms with Gasteiger partial charge < -0.3 is 48.6 Å². The number of nitrogens with zero attached hydrogens (tertiary/aromatic N) is 12. The fraction of sp³-hybridized carbons (Fsp3) is 0.333. The number of ether oxygens (including phenoxy) is 3. The monoisotopic (exact) mass is 1600 g/mol. The van der Waals surface area contributed by atoms with E-state index in [4.69, 9.17) is 76.7 Å². The second-order valence-electron chi connectivity index (χ2n) is 26.0. The number of para-hydroxylation sites is 1. The third-order valence-corrected chi connectivity index (χ3v) is 20.6. The van der Waals surface area contributed by atoms with Gasteiger partial charge in [-0.25, -0.2) is 9.59 Å². The molecule has 0 bridgehead atoms. The van der Waals surface area contributed by atoms with Gasteiger partial charge >= 0.3 is 17.6 Å². The minimum absolute atomic E-state index is 0.00459. The molecule has 2 saturated heterocycles. The second kappa shape index (κ2) is 38.9. The first-order valence-corrected chi connectivity index (χ1v) is 37.6. The third kappa shape index (κ3) is 20.5. The number of anilines is 5. The Morgan fingerprint density at radius 2 is 1.29 bits per heavy atom. The molecule has 574 valence electrons. The minimum Gasteiger partial charge on any atom is -0.495 e. The number of piperidine rings is 1. The zero-order chi connectivity index (χ0) is 78.8. The summed E-state index contributed by atoms with van der Waals surface area (Å²) in [5.41, 5.74) is 6.47. The molecule has 3 aliphatic heterocycles. The number of aryl methyl sites for hydroxylation is 2. The fourth-order valence-corrected chi connectivity index (χ4v) is 14.7. The van der Waals surface area contributed by atoms with Crippen LogP contribution in [0.1, 0.15) is 103 Å². The van der Waals surface area contributed by atoms with E-state index in [-0.39, 0.29) is 64.5 Å². The topological polar surface area (TPSA) is 273 Å². The summed E-state index contributed by atoms with van der Waals surface area (Å²) in [4.78, 5) is 113. The lowest BCUT2D eigenvalue weighted by atomic mass is 9.77. The molecule has 0 aliphatic carbocycles. The predicted octanol–water partition coefficient (Wildman–Crippen LogP) is 14.2. The number of piperazine rings is 1. The number of likely N-dealkylation sites (tertiary alicyclic amines) is 1. The summed E-state index contributed by atoms with van der Waals surface area (Å²) in [6.45, 7) is 3.38. The minimum atomic E-state index is -0.768. The molecule has 5 atom stereocenters. The molecule has 0 radical (unpaired) electrons. The average molecular weight is 1600 g/mol. The number of thiophene rings is 1. The fourth-order valence-electron chi connectivity index (χ4n) is 13.1. The van der Waals surface area contributed by atoms with Crippen LogP contribution in [0.3, 0.4) is 0 Å². The van der Waals surface area contributed by atoms with E-state index in [0.717, 1.165) is 39.2 Å². The lowest BCUT2D eigenvalue weighted by molar-refractivity contribution is -0.386. The summed E-state index contributed by atoms with van der Waals surface area (Å²) in [5.74, 6) is -0.167. The first-order valence-electron chi connectivity index (χ1n) is 34.5.